The summed E-state index contributed by atoms with van der Waals surface area (Å²) in [5.74, 6) is -0.236. The number of nitrogens with zero attached hydrogens (tertiary/aromatic N) is 1. The van der Waals surface area contributed by atoms with Gasteiger partial charge in [-0.15, -0.1) is 0 Å². The van der Waals surface area contributed by atoms with Gasteiger partial charge in [0.15, 0.2) is 0 Å². The monoisotopic (exact) mass is 502 g/mol. The second-order valence-corrected chi connectivity index (χ2v) is 14.2. The molecule has 0 aliphatic rings. The molecule has 29 heavy (non-hydrogen) atoms. The molecule has 0 N–H and O–H groups in total. The molecule has 0 saturated heterocycles. The van der Waals surface area contributed by atoms with Gasteiger partial charge in [0, 0.05) is 0 Å². The maximum absolute atomic E-state index is 13.5. The van der Waals surface area contributed by atoms with E-state index in [1.165, 1.54) is 12.1 Å². The van der Waals surface area contributed by atoms with Crippen LogP contribution in [0.25, 0.3) is 0 Å². The van der Waals surface area contributed by atoms with Gasteiger partial charge >= 0.3 is 180 Å². The molecule has 155 valence electrons. The van der Waals surface area contributed by atoms with E-state index in [1.807, 2.05) is 0 Å². The number of nitro benzene ring substituents is 1. The molecule has 2 aromatic rings. The first-order chi connectivity index (χ1) is 13.6. The summed E-state index contributed by atoms with van der Waals surface area (Å²) in [4.78, 5) is 22.5. The Morgan fingerprint density at radius 2 is 1.79 bits per heavy atom. The first kappa shape index (κ1) is 23.3. The molecule has 0 aliphatic carbocycles. The summed E-state index contributed by atoms with van der Waals surface area (Å²) in [6.45, 7) is 5.02. The molecule has 2 unspecified atom stereocenters. The van der Waals surface area contributed by atoms with Crippen LogP contribution in [0.15, 0.2) is 48.5 Å². The van der Waals surface area contributed by atoms with Crippen LogP contribution in [-0.4, -0.2) is 32.3 Å². The van der Waals surface area contributed by atoms with Gasteiger partial charge in [0.2, 0.25) is 0 Å². The average Bonchev–Trinajstić information content (AvgIpc) is 2.63. The molecule has 0 fully saturated rings. The van der Waals surface area contributed by atoms with Crippen molar-refractivity contribution in [3.05, 3.63) is 63.7 Å². The summed E-state index contributed by atoms with van der Waals surface area (Å²) in [6.07, 6.45) is -4.16. The zero-order valence-electron chi connectivity index (χ0n) is 15.9. The molecule has 2 aromatic carbocycles. The van der Waals surface area contributed by atoms with Crippen molar-refractivity contribution in [1.29, 1.82) is 0 Å². The zero-order chi connectivity index (χ0) is 21.6. The number of halogens is 1. The van der Waals surface area contributed by atoms with E-state index in [1.54, 1.807) is 51.1 Å². The summed E-state index contributed by atoms with van der Waals surface area (Å²) < 4.78 is 29.3. The minimum atomic E-state index is -3.84. The quantitative estimate of drug-likeness (QED) is 0.151. The van der Waals surface area contributed by atoms with Crippen LogP contribution in [-0.2, 0) is 14.1 Å². The number of hydrogen-bond donors (Lipinski definition) is 0. The molecular weight excluding hydrogens is 484 g/mol. The number of benzene rings is 2. The molecule has 1 radical (unpaired) electrons. The van der Waals surface area contributed by atoms with Gasteiger partial charge in [0.05, 0.1) is 0 Å². The Hall–Kier alpha value is -2.01. The fourth-order valence-corrected chi connectivity index (χ4v) is 8.92. The summed E-state index contributed by atoms with van der Waals surface area (Å²) >= 11 is 4.74. The first-order valence-corrected chi connectivity index (χ1v) is 14.0. The molecule has 2 rings (SSSR count). The predicted molar refractivity (Wildman–Crippen MR) is 110 cm³/mol. The molecule has 0 aromatic heterocycles. The Morgan fingerprint density at radius 3 is 2.34 bits per heavy atom. The molecule has 0 aliphatic heterocycles. The van der Waals surface area contributed by atoms with Crippen LogP contribution in [0.4, 0.5) is 5.69 Å². The van der Waals surface area contributed by atoms with Gasteiger partial charge in [0.25, 0.3) is 0 Å². The van der Waals surface area contributed by atoms with Crippen LogP contribution in [0.2, 0.25) is 9.73 Å². The van der Waals surface area contributed by atoms with E-state index in [0.717, 1.165) is 6.07 Å². The predicted octanol–water partition coefficient (Wildman–Crippen LogP) is 5.28. The standard InChI is InChI=1S/C18H19AsClNO7P/c1-12(2)26-18(22)13(3)19-29(25,27-15-7-5-4-6-8-15)28-17-10-9-14(21(23)24)11-16(17)20/h4-13H,1-3H3. The zero-order valence-corrected chi connectivity index (χ0v) is 19.4. The molecule has 0 saturated carbocycles. The average molecular weight is 503 g/mol. The maximum atomic E-state index is 13.5. The number of nitro groups is 1. The van der Waals surface area contributed by atoms with Crippen molar-refractivity contribution in [2.75, 3.05) is 0 Å². The van der Waals surface area contributed by atoms with Gasteiger partial charge < -0.3 is 0 Å². The third-order valence-electron chi connectivity index (χ3n) is 3.31. The normalized spacial score (nSPS) is 14.4. The van der Waals surface area contributed by atoms with Crippen molar-refractivity contribution in [1.82, 2.24) is 0 Å². The van der Waals surface area contributed by atoms with Crippen LogP contribution in [0, 0.1) is 10.1 Å². The van der Waals surface area contributed by atoms with E-state index in [0.29, 0.717) is 5.75 Å². The van der Waals surface area contributed by atoms with E-state index in [2.05, 4.69) is 0 Å². The molecule has 11 heteroatoms. The van der Waals surface area contributed by atoms with E-state index < -0.39 is 37.0 Å². The van der Waals surface area contributed by atoms with Crippen LogP contribution in [0.3, 0.4) is 0 Å². The van der Waals surface area contributed by atoms with Crippen molar-refractivity contribution < 1.29 is 28.1 Å². The molecule has 0 heterocycles. The van der Waals surface area contributed by atoms with Gasteiger partial charge in [-0.25, -0.2) is 0 Å². The first-order valence-electron chi connectivity index (χ1n) is 8.51. The van der Waals surface area contributed by atoms with Gasteiger partial charge in [0.1, 0.15) is 0 Å². The van der Waals surface area contributed by atoms with Crippen LogP contribution in [0.5, 0.6) is 11.5 Å². The Bertz CT molecular complexity index is 926. The fourth-order valence-electron chi connectivity index (χ4n) is 2.07. The molecular formula is C18H19AsClNO7P. The number of esters is 1. The number of ether oxygens (including phenoxy) is 1. The number of non-ortho nitro benzene ring substituents is 1. The third kappa shape index (κ3) is 7.07. The molecule has 8 nitrogen and oxygen atoms in total. The van der Waals surface area contributed by atoms with Crippen molar-refractivity contribution >= 4 is 44.7 Å². The fraction of sp³-hybridized carbons (Fsp3) is 0.278. The van der Waals surface area contributed by atoms with Crippen molar-refractivity contribution in [2.24, 2.45) is 0 Å². The van der Waals surface area contributed by atoms with Crippen molar-refractivity contribution in [3.8, 4) is 11.5 Å². The topological polar surface area (TPSA) is 105 Å². The minimum absolute atomic E-state index is 0.0312. The van der Waals surface area contributed by atoms with Crippen LogP contribution in [0.1, 0.15) is 20.8 Å². The van der Waals surface area contributed by atoms with E-state index in [9.17, 15) is 19.5 Å². The molecule has 0 spiro atoms. The van der Waals surface area contributed by atoms with Gasteiger partial charge in [-0.2, -0.15) is 0 Å². The summed E-state index contributed by atoms with van der Waals surface area (Å²) in [5.41, 5.74) is -0.233. The SMILES string of the molecule is CC(C)OC(=O)C(C)[As]P(=O)(Oc1ccccc1)Oc1ccc([N+](=O)[O-])cc1Cl. The van der Waals surface area contributed by atoms with Crippen molar-refractivity contribution in [3.63, 3.8) is 0 Å². The van der Waals surface area contributed by atoms with Gasteiger partial charge in [-0.05, 0) is 0 Å². The Morgan fingerprint density at radius 1 is 1.14 bits per heavy atom. The van der Waals surface area contributed by atoms with Crippen molar-refractivity contribution in [2.45, 2.75) is 31.6 Å². The number of rotatable bonds is 9. The summed E-state index contributed by atoms with van der Waals surface area (Å²) in [6, 6.07) is 11.9. The van der Waals surface area contributed by atoms with Crippen LogP contribution >= 0.6 is 17.8 Å². The second kappa shape index (κ2) is 10.1. The Balaban J connectivity index is 2.30. The van der Waals surface area contributed by atoms with Crippen LogP contribution < -0.4 is 9.05 Å². The second-order valence-electron chi connectivity index (χ2n) is 6.11. The Labute approximate surface area is 179 Å². The summed E-state index contributed by atoms with van der Waals surface area (Å²) in [7, 11) is 0. The van der Waals surface area contributed by atoms with Gasteiger partial charge in [-0.1, -0.05) is 0 Å². The van der Waals surface area contributed by atoms with E-state index in [4.69, 9.17) is 25.4 Å². The van der Waals surface area contributed by atoms with Gasteiger partial charge in [-0.3, -0.25) is 0 Å². The molecule has 0 bridgehead atoms. The number of hydrogen-bond acceptors (Lipinski definition) is 7. The summed E-state index contributed by atoms with van der Waals surface area (Å²) in [5, 5.41) is 10.8. The number of carbonyl (C=O) groups excluding carboxylic acids is 1. The number of para-hydroxylation sites is 1. The Kier molecular flexibility index (Phi) is 8.14. The molecule has 0 amide bonds. The third-order valence-corrected chi connectivity index (χ3v) is 10.5. The number of carbonyl (C=O) groups is 1. The molecule has 2 atom stereocenters. The van der Waals surface area contributed by atoms with E-state index in [-0.39, 0.29) is 22.6 Å². The van der Waals surface area contributed by atoms with E-state index >= 15 is 0 Å².